The molecule has 0 unspecified atom stereocenters. The molecule has 8 heteroatoms. The SMILES string of the molecule is CCc1ccc(S(=O)(=O)NC2CCN(C(=O)c3c(F)cccc3Cl)CC2)cc1. The standard InChI is InChI=1S/C20H22ClFN2O3S/c1-2-14-6-8-16(9-7-14)28(26,27)23-15-10-12-24(13-11-15)20(25)19-17(21)4-3-5-18(19)22/h3-9,15,23H,2,10-13H2,1H3. The summed E-state index contributed by atoms with van der Waals surface area (Å²) in [6, 6.07) is 10.6. The fourth-order valence-electron chi connectivity index (χ4n) is 3.25. The summed E-state index contributed by atoms with van der Waals surface area (Å²) >= 11 is 5.97. The molecule has 1 saturated heterocycles. The first kappa shape index (κ1) is 20.8. The lowest BCUT2D eigenvalue weighted by Crippen LogP contribution is -2.46. The smallest absolute Gasteiger partial charge is 0.258 e. The number of amides is 1. The summed E-state index contributed by atoms with van der Waals surface area (Å²) in [5, 5.41) is 0.0725. The van der Waals surface area contributed by atoms with Gasteiger partial charge in [0.2, 0.25) is 10.0 Å². The number of nitrogens with one attached hydrogen (secondary N) is 1. The van der Waals surface area contributed by atoms with Crippen molar-refractivity contribution in [1.29, 1.82) is 0 Å². The van der Waals surface area contributed by atoms with Crippen molar-refractivity contribution in [2.45, 2.75) is 37.1 Å². The number of benzene rings is 2. The highest BCUT2D eigenvalue weighted by Gasteiger charge is 2.29. The van der Waals surface area contributed by atoms with Crippen LogP contribution < -0.4 is 4.72 Å². The van der Waals surface area contributed by atoms with Crippen LogP contribution in [0.1, 0.15) is 35.7 Å². The minimum Gasteiger partial charge on any atom is -0.338 e. The van der Waals surface area contributed by atoms with Crippen LogP contribution in [-0.4, -0.2) is 38.4 Å². The molecule has 1 heterocycles. The zero-order valence-electron chi connectivity index (χ0n) is 15.5. The Morgan fingerprint density at radius 1 is 1.18 bits per heavy atom. The number of nitrogens with zero attached hydrogens (tertiary/aromatic N) is 1. The normalized spacial score (nSPS) is 15.6. The minimum atomic E-state index is -3.62. The van der Waals surface area contributed by atoms with Crippen molar-refractivity contribution in [2.24, 2.45) is 0 Å². The second-order valence-corrected chi connectivity index (χ2v) is 8.90. The molecule has 0 aromatic heterocycles. The van der Waals surface area contributed by atoms with Crippen LogP contribution in [0, 0.1) is 5.82 Å². The van der Waals surface area contributed by atoms with Crippen LogP contribution in [0.5, 0.6) is 0 Å². The topological polar surface area (TPSA) is 66.5 Å². The van der Waals surface area contributed by atoms with E-state index >= 15 is 0 Å². The van der Waals surface area contributed by atoms with Gasteiger partial charge in [0, 0.05) is 19.1 Å². The summed E-state index contributed by atoms with van der Waals surface area (Å²) in [4.78, 5) is 14.3. The summed E-state index contributed by atoms with van der Waals surface area (Å²) < 4.78 is 41.8. The highest BCUT2D eigenvalue weighted by Crippen LogP contribution is 2.23. The third-order valence-electron chi connectivity index (χ3n) is 4.92. The molecule has 150 valence electrons. The first-order valence-electron chi connectivity index (χ1n) is 9.16. The molecule has 0 bridgehead atoms. The maximum Gasteiger partial charge on any atom is 0.258 e. The Bertz CT molecular complexity index is 936. The molecule has 28 heavy (non-hydrogen) atoms. The lowest BCUT2D eigenvalue weighted by atomic mass is 10.0. The van der Waals surface area contributed by atoms with E-state index in [4.69, 9.17) is 11.6 Å². The first-order chi connectivity index (χ1) is 13.3. The number of carbonyl (C=O) groups excluding carboxylic acids is 1. The molecule has 0 spiro atoms. The molecule has 0 atom stereocenters. The van der Waals surface area contributed by atoms with Crippen LogP contribution in [-0.2, 0) is 16.4 Å². The number of halogens is 2. The van der Waals surface area contributed by atoms with Crippen LogP contribution >= 0.6 is 11.6 Å². The van der Waals surface area contributed by atoms with Gasteiger partial charge in [-0.15, -0.1) is 0 Å². The third kappa shape index (κ3) is 4.54. The van der Waals surface area contributed by atoms with E-state index in [2.05, 4.69) is 4.72 Å². The van der Waals surface area contributed by atoms with Crippen molar-refractivity contribution >= 4 is 27.5 Å². The summed E-state index contributed by atoms with van der Waals surface area (Å²) in [6.45, 7) is 2.65. The van der Waals surface area contributed by atoms with Crippen molar-refractivity contribution < 1.29 is 17.6 Å². The third-order valence-corrected chi connectivity index (χ3v) is 6.77. The van der Waals surface area contributed by atoms with E-state index in [1.807, 2.05) is 6.92 Å². The van der Waals surface area contributed by atoms with Gasteiger partial charge in [-0.25, -0.2) is 17.5 Å². The molecular weight excluding hydrogens is 403 g/mol. The van der Waals surface area contributed by atoms with Crippen LogP contribution in [0.2, 0.25) is 5.02 Å². The Kier molecular flexibility index (Phi) is 6.37. The maximum atomic E-state index is 14.0. The second kappa shape index (κ2) is 8.59. The maximum absolute atomic E-state index is 14.0. The van der Waals surface area contributed by atoms with Gasteiger partial charge in [0.05, 0.1) is 15.5 Å². The lowest BCUT2D eigenvalue weighted by Gasteiger charge is -2.32. The van der Waals surface area contributed by atoms with Crippen molar-refractivity contribution in [3.05, 3.63) is 64.4 Å². The summed E-state index contributed by atoms with van der Waals surface area (Å²) in [5.74, 6) is -1.13. The number of hydrogen-bond donors (Lipinski definition) is 1. The number of sulfonamides is 1. The molecule has 1 aliphatic rings. The first-order valence-corrected chi connectivity index (χ1v) is 11.0. The molecule has 2 aromatic rings. The molecule has 2 aromatic carbocycles. The monoisotopic (exact) mass is 424 g/mol. The van der Waals surface area contributed by atoms with Crippen molar-refractivity contribution in [2.75, 3.05) is 13.1 Å². The highest BCUT2D eigenvalue weighted by atomic mass is 35.5. The van der Waals surface area contributed by atoms with Gasteiger partial charge >= 0.3 is 0 Å². The van der Waals surface area contributed by atoms with Crippen LogP contribution in [0.25, 0.3) is 0 Å². The number of aryl methyl sites for hydroxylation is 1. The van der Waals surface area contributed by atoms with Gasteiger partial charge in [-0.2, -0.15) is 0 Å². The van der Waals surface area contributed by atoms with Gasteiger partial charge in [0.15, 0.2) is 0 Å². The molecule has 1 aliphatic heterocycles. The van der Waals surface area contributed by atoms with Gasteiger partial charge in [-0.1, -0.05) is 36.7 Å². The number of piperidine rings is 1. The summed E-state index contributed by atoms with van der Waals surface area (Å²) in [5.41, 5.74) is 0.928. The van der Waals surface area contributed by atoms with E-state index in [-0.39, 0.29) is 21.5 Å². The number of likely N-dealkylation sites (tertiary alicyclic amines) is 1. The number of hydrogen-bond acceptors (Lipinski definition) is 3. The number of carbonyl (C=O) groups is 1. The van der Waals surface area contributed by atoms with Crippen molar-refractivity contribution in [3.8, 4) is 0 Å². The highest BCUT2D eigenvalue weighted by molar-refractivity contribution is 7.89. The zero-order chi connectivity index (χ0) is 20.3. The Morgan fingerprint density at radius 3 is 2.39 bits per heavy atom. The molecule has 3 rings (SSSR count). The molecule has 5 nitrogen and oxygen atoms in total. The fourth-order valence-corrected chi connectivity index (χ4v) is 4.80. The van der Waals surface area contributed by atoms with E-state index in [0.29, 0.717) is 25.9 Å². The quantitative estimate of drug-likeness (QED) is 0.797. The largest absolute Gasteiger partial charge is 0.338 e. The van der Waals surface area contributed by atoms with Crippen molar-refractivity contribution in [3.63, 3.8) is 0 Å². The van der Waals surface area contributed by atoms with Gasteiger partial charge in [0.25, 0.3) is 5.91 Å². The predicted octanol–water partition coefficient (Wildman–Crippen LogP) is 3.62. The van der Waals surface area contributed by atoms with Gasteiger partial charge in [0.1, 0.15) is 5.82 Å². The molecule has 0 aliphatic carbocycles. The minimum absolute atomic E-state index is 0.0725. The molecule has 0 saturated carbocycles. The zero-order valence-corrected chi connectivity index (χ0v) is 17.1. The van der Waals surface area contributed by atoms with Gasteiger partial charge in [-0.3, -0.25) is 4.79 Å². The Labute approximate surface area is 169 Å². The van der Waals surface area contributed by atoms with Crippen LogP contribution in [0.3, 0.4) is 0 Å². The summed E-state index contributed by atoms with van der Waals surface area (Å²) in [7, 11) is -3.62. The van der Waals surface area contributed by atoms with Crippen molar-refractivity contribution in [1.82, 2.24) is 9.62 Å². The predicted molar refractivity (Wildman–Crippen MR) is 106 cm³/mol. The van der Waals surface area contributed by atoms with Crippen LogP contribution in [0.4, 0.5) is 4.39 Å². The van der Waals surface area contributed by atoms with Crippen LogP contribution in [0.15, 0.2) is 47.4 Å². The molecule has 1 fully saturated rings. The van der Waals surface area contributed by atoms with E-state index < -0.39 is 21.7 Å². The lowest BCUT2D eigenvalue weighted by molar-refractivity contribution is 0.0707. The van der Waals surface area contributed by atoms with Gasteiger partial charge in [-0.05, 0) is 49.1 Å². The van der Waals surface area contributed by atoms with E-state index in [9.17, 15) is 17.6 Å². The molecule has 1 amide bonds. The summed E-state index contributed by atoms with van der Waals surface area (Å²) in [6.07, 6.45) is 1.74. The Balaban J connectivity index is 1.62. The van der Waals surface area contributed by atoms with E-state index in [1.165, 1.54) is 23.1 Å². The van der Waals surface area contributed by atoms with E-state index in [1.54, 1.807) is 24.3 Å². The Hall–Kier alpha value is -1.96. The number of rotatable bonds is 5. The van der Waals surface area contributed by atoms with E-state index in [0.717, 1.165) is 12.0 Å². The average Bonchev–Trinajstić information content (AvgIpc) is 2.68. The Morgan fingerprint density at radius 2 is 1.82 bits per heavy atom. The fraction of sp³-hybridized carbons (Fsp3) is 0.350. The molecular formula is C20H22ClFN2O3S. The second-order valence-electron chi connectivity index (χ2n) is 6.78. The molecule has 1 N–H and O–H groups in total. The molecule has 0 radical (unpaired) electrons. The van der Waals surface area contributed by atoms with Gasteiger partial charge < -0.3 is 4.90 Å². The average molecular weight is 425 g/mol.